The number of fused-ring (bicyclic) bond motifs is 1. The van der Waals surface area contributed by atoms with Gasteiger partial charge in [-0.15, -0.1) is 0 Å². The molecule has 0 atom stereocenters. The Morgan fingerprint density at radius 2 is 1.43 bits per heavy atom. The quantitative estimate of drug-likeness (QED) is 0.537. The van der Waals surface area contributed by atoms with Gasteiger partial charge in [0, 0.05) is 16.9 Å². The lowest BCUT2D eigenvalue weighted by molar-refractivity contribution is 1.07. The van der Waals surface area contributed by atoms with Gasteiger partial charge in [-0.1, -0.05) is 48.5 Å². The number of rotatable bonds is 2. The molecular weight excluding hydrogens is 282 g/mol. The fourth-order valence-corrected chi connectivity index (χ4v) is 3.04. The predicted molar refractivity (Wildman–Crippen MR) is 93.8 cm³/mol. The number of hydrogen-bond donors (Lipinski definition) is 0. The molecule has 4 aromatic rings. The molecular formula is C20H17N3. The average Bonchev–Trinajstić information content (AvgIpc) is 2.96. The lowest BCUT2D eigenvalue weighted by Crippen LogP contribution is -1.99. The minimum absolute atomic E-state index is 0.947. The monoisotopic (exact) mass is 299 g/mol. The molecule has 0 unspecified atom stereocenters. The molecule has 4 rings (SSSR count). The van der Waals surface area contributed by atoms with Gasteiger partial charge in [0.05, 0.1) is 16.7 Å². The predicted octanol–water partition coefficient (Wildman–Crippen LogP) is 4.70. The van der Waals surface area contributed by atoms with E-state index < -0.39 is 0 Å². The van der Waals surface area contributed by atoms with E-state index in [-0.39, 0.29) is 0 Å². The van der Waals surface area contributed by atoms with Gasteiger partial charge in [0.2, 0.25) is 0 Å². The Balaban J connectivity index is 2.12. The second kappa shape index (κ2) is 5.36. The van der Waals surface area contributed by atoms with E-state index >= 15 is 0 Å². The molecule has 0 aliphatic heterocycles. The van der Waals surface area contributed by atoms with Crippen LogP contribution in [0, 0.1) is 13.8 Å². The van der Waals surface area contributed by atoms with Crippen molar-refractivity contribution in [3.05, 3.63) is 78.1 Å². The molecule has 23 heavy (non-hydrogen) atoms. The van der Waals surface area contributed by atoms with Crippen molar-refractivity contribution in [2.24, 2.45) is 0 Å². The molecule has 112 valence electrons. The van der Waals surface area contributed by atoms with E-state index in [1.807, 2.05) is 56.3 Å². The molecule has 0 amide bonds. The highest BCUT2D eigenvalue weighted by Crippen LogP contribution is 2.30. The highest BCUT2D eigenvalue weighted by Gasteiger charge is 2.16. The number of nitrogens with zero attached hydrogens (tertiary/aromatic N) is 3. The van der Waals surface area contributed by atoms with Crippen molar-refractivity contribution in [3.63, 3.8) is 0 Å². The number of aromatic nitrogens is 3. The van der Waals surface area contributed by atoms with Crippen LogP contribution < -0.4 is 0 Å². The lowest BCUT2D eigenvalue weighted by atomic mass is 10.2. The van der Waals surface area contributed by atoms with Crippen LogP contribution in [-0.2, 0) is 0 Å². The van der Waals surface area contributed by atoms with Crippen molar-refractivity contribution < 1.29 is 0 Å². The first kappa shape index (κ1) is 13.7. The van der Waals surface area contributed by atoms with Gasteiger partial charge in [0.25, 0.3) is 0 Å². The lowest BCUT2D eigenvalue weighted by Gasteiger charge is -2.10. The third-order valence-corrected chi connectivity index (χ3v) is 3.98. The Morgan fingerprint density at radius 3 is 2.13 bits per heavy atom. The molecule has 3 nitrogen and oxygen atoms in total. The third kappa shape index (κ3) is 2.30. The van der Waals surface area contributed by atoms with Gasteiger partial charge < -0.3 is 0 Å². The maximum absolute atomic E-state index is 4.90. The van der Waals surface area contributed by atoms with Crippen LogP contribution >= 0.6 is 0 Å². The largest absolute Gasteiger partial charge is 0.291 e. The summed E-state index contributed by atoms with van der Waals surface area (Å²) in [4.78, 5) is 9.54. The fraction of sp³-hybridized carbons (Fsp3) is 0.100. The van der Waals surface area contributed by atoms with Crippen molar-refractivity contribution >= 4 is 11.0 Å². The summed E-state index contributed by atoms with van der Waals surface area (Å²) in [5.74, 6) is 0.947. The van der Waals surface area contributed by atoms with Crippen molar-refractivity contribution in [1.29, 1.82) is 0 Å². The van der Waals surface area contributed by atoms with Crippen molar-refractivity contribution in [2.75, 3.05) is 0 Å². The van der Waals surface area contributed by atoms with Crippen LogP contribution in [0.4, 0.5) is 0 Å². The van der Waals surface area contributed by atoms with Gasteiger partial charge in [-0.05, 0) is 32.0 Å². The molecule has 0 N–H and O–H groups in total. The van der Waals surface area contributed by atoms with Crippen molar-refractivity contribution in [1.82, 2.24) is 14.5 Å². The van der Waals surface area contributed by atoms with Gasteiger partial charge in [0.15, 0.2) is 0 Å². The highest BCUT2D eigenvalue weighted by molar-refractivity contribution is 5.85. The standard InChI is InChI=1S/C20H17N3/c1-14-13-18-19(15(2)21-14)23(17-11-7-4-8-12-17)20(22-18)16-9-5-3-6-10-16/h3-13H,1-2H3. The topological polar surface area (TPSA) is 30.7 Å². The average molecular weight is 299 g/mol. The number of benzene rings is 2. The van der Waals surface area contributed by atoms with Crippen LogP contribution in [0.15, 0.2) is 66.7 Å². The summed E-state index contributed by atoms with van der Waals surface area (Å²) in [6, 6.07) is 22.7. The number of pyridine rings is 1. The number of imidazole rings is 1. The van der Waals surface area contributed by atoms with Crippen LogP contribution in [0.25, 0.3) is 28.1 Å². The summed E-state index contributed by atoms with van der Waals surface area (Å²) in [7, 11) is 0. The summed E-state index contributed by atoms with van der Waals surface area (Å²) in [6.07, 6.45) is 0. The normalized spacial score (nSPS) is 11.0. The zero-order chi connectivity index (χ0) is 15.8. The minimum atomic E-state index is 0.947. The van der Waals surface area contributed by atoms with E-state index in [1.54, 1.807) is 0 Å². The van der Waals surface area contributed by atoms with Crippen LogP contribution in [-0.4, -0.2) is 14.5 Å². The van der Waals surface area contributed by atoms with Crippen LogP contribution in [0.5, 0.6) is 0 Å². The Labute approximate surface area is 135 Å². The van der Waals surface area contributed by atoms with Crippen LogP contribution in [0.2, 0.25) is 0 Å². The van der Waals surface area contributed by atoms with Gasteiger partial charge in [0.1, 0.15) is 5.82 Å². The molecule has 3 heteroatoms. The number of hydrogen-bond acceptors (Lipinski definition) is 2. The van der Waals surface area contributed by atoms with Gasteiger partial charge >= 0.3 is 0 Å². The molecule has 2 aromatic carbocycles. The fourth-order valence-electron chi connectivity index (χ4n) is 3.04. The summed E-state index contributed by atoms with van der Waals surface area (Å²) >= 11 is 0. The highest BCUT2D eigenvalue weighted by atomic mass is 15.1. The Kier molecular flexibility index (Phi) is 3.19. The van der Waals surface area contributed by atoms with E-state index in [0.29, 0.717) is 0 Å². The first-order chi connectivity index (χ1) is 11.2. The molecule has 0 fully saturated rings. The first-order valence-electron chi connectivity index (χ1n) is 7.71. The van der Waals surface area contributed by atoms with E-state index in [1.165, 1.54) is 0 Å². The van der Waals surface area contributed by atoms with Crippen molar-refractivity contribution in [2.45, 2.75) is 13.8 Å². The third-order valence-electron chi connectivity index (χ3n) is 3.98. The molecule has 2 aromatic heterocycles. The SMILES string of the molecule is Cc1cc2nc(-c3ccccc3)n(-c3ccccc3)c2c(C)n1. The van der Waals surface area contributed by atoms with Crippen LogP contribution in [0.1, 0.15) is 11.4 Å². The Hall–Kier alpha value is -2.94. The molecule has 0 radical (unpaired) electrons. The molecule has 2 heterocycles. The second-order valence-corrected chi connectivity index (χ2v) is 5.69. The zero-order valence-corrected chi connectivity index (χ0v) is 13.2. The second-order valence-electron chi connectivity index (χ2n) is 5.69. The summed E-state index contributed by atoms with van der Waals surface area (Å²) in [6.45, 7) is 4.06. The maximum atomic E-state index is 4.90. The van der Waals surface area contributed by atoms with Crippen LogP contribution in [0.3, 0.4) is 0 Å². The molecule has 0 spiro atoms. The van der Waals surface area contributed by atoms with E-state index in [0.717, 1.165) is 39.5 Å². The Bertz CT molecular complexity index is 970. The van der Waals surface area contributed by atoms with Gasteiger partial charge in [-0.25, -0.2) is 4.98 Å². The number of aryl methyl sites for hydroxylation is 2. The maximum Gasteiger partial charge on any atom is 0.145 e. The zero-order valence-electron chi connectivity index (χ0n) is 13.2. The Morgan fingerprint density at radius 1 is 0.783 bits per heavy atom. The van der Waals surface area contributed by atoms with E-state index in [4.69, 9.17) is 4.98 Å². The first-order valence-corrected chi connectivity index (χ1v) is 7.71. The summed E-state index contributed by atoms with van der Waals surface area (Å²) < 4.78 is 2.20. The van der Waals surface area contributed by atoms with Gasteiger partial charge in [-0.3, -0.25) is 9.55 Å². The summed E-state index contributed by atoms with van der Waals surface area (Å²) in [5.41, 5.74) is 6.25. The minimum Gasteiger partial charge on any atom is -0.291 e. The van der Waals surface area contributed by atoms with Crippen molar-refractivity contribution in [3.8, 4) is 17.1 Å². The molecule has 0 bridgehead atoms. The molecule has 0 aliphatic rings. The van der Waals surface area contributed by atoms with E-state index in [2.05, 4.69) is 33.8 Å². The van der Waals surface area contributed by atoms with Gasteiger partial charge in [-0.2, -0.15) is 0 Å². The van der Waals surface area contributed by atoms with E-state index in [9.17, 15) is 0 Å². The molecule has 0 saturated heterocycles. The number of para-hydroxylation sites is 1. The molecule has 0 saturated carbocycles. The summed E-state index contributed by atoms with van der Waals surface area (Å²) in [5, 5.41) is 0. The smallest absolute Gasteiger partial charge is 0.145 e. The molecule has 0 aliphatic carbocycles.